The van der Waals surface area contributed by atoms with Crippen LogP contribution in [0.15, 0.2) is 59.0 Å². The molecule has 4 rings (SSSR count). The Labute approximate surface area is 168 Å². The lowest BCUT2D eigenvalue weighted by Crippen LogP contribution is -2.41. The van der Waals surface area contributed by atoms with Gasteiger partial charge in [-0.1, -0.05) is 82.3 Å². The van der Waals surface area contributed by atoms with E-state index < -0.39 is 7.14 Å². The summed E-state index contributed by atoms with van der Waals surface area (Å²) < 4.78 is 21.4. The van der Waals surface area contributed by atoms with Crippen molar-refractivity contribution < 1.29 is 8.98 Å². The Kier molecular flexibility index (Phi) is 4.47. The van der Waals surface area contributed by atoms with E-state index >= 15 is 0 Å². The Balaban J connectivity index is 2.19. The van der Waals surface area contributed by atoms with Crippen LogP contribution in [-0.4, -0.2) is 5.66 Å². The van der Waals surface area contributed by atoms with Crippen molar-refractivity contribution in [1.82, 2.24) is 0 Å². The molecule has 1 atom stereocenters. The molecule has 0 amide bonds. The Morgan fingerprint density at radius 1 is 0.893 bits per heavy atom. The average molecular weight is 392 g/mol. The van der Waals surface area contributed by atoms with Crippen LogP contribution in [0.1, 0.15) is 64.5 Å². The maximum absolute atomic E-state index is 14.8. The molecule has 0 saturated carbocycles. The molecule has 0 fully saturated rings. The van der Waals surface area contributed by atoms with Crippen molar-refractivity contribution in [2.75, 3.05) is 0 Å². The van der Waals surface area contributed by atoms with E-state index in [9.17, 15) is 4.57 Å². The molecule has 0 spiro atoms. The van der Waals surface area contributed by atoms with Crippen molar-refractivity contribution >= 4 is 17.8 Å². The van der Waals surface area contributed by atoms with Crippen LogP contribution in [0.2, 0.25) is 0 Å². The molecule has 0 bridgehead atoms. The molecule has 1 aliphatic heterocycles. The minimum atomic E-state index is -2.86. The van der Waals surface area contributed by atoms with Gasteiger partial charge in [0.15, 0.2) is 0 Å². The molecule has 3 heteroatoms. The summed E-state index contributed by atoms with van der Waals surface area (Å²) in [6.45, 7) is 12.8. The van der Waals surface area contributed by atoms with Gasteiger partial charge in [-0.2, -0.15) is 0 Å². The molecule has 0 saturated heterocycles. The van der Waals surface area contributed by atoms with Crippen molar-refractivity contribution in [1.29, 1.82) is 0 Å². The zero-order valence-electron chi connectivity index (χ0n) is 17.6. The third-order valence-corrected chi connectivity index (χ3v) is 9.71. The predicted octanol–water partition coefficient (Wildman–Crippen LogP) is 6.43. The first-order valence-electron chi connectivity index (χ1n) is 10.1. The van der Waals surface area contributed by atoms with Crippen LogP contribution in [0.5, 0.6) is 0 Å². The normalized spacial score (nSPS) is 20.3. The first kappa shape index (κ1) is 19.3. The van der Waals surface area contributed by atoms with E-state index in [0.29, 0.717) is 0 Å². The lowest BCUT2D eigenvalue weighted by Gasteiger charge is -2.38. The SMILES string of the molecule is CC(C)c1oc2c(c1-c1ccccc1)P(=O)(C(C)C)c1ccccc1C2(C)C. The van der Waals surface area contributed by atoms with Crippen molar-refractivity contribution in [3.8, 4) is 11.1 Å². The molecular weight excluding hydrogens is 363 g/mol. The molecule has 146 valence electrons. The van der Waals surface area contributed by atoms with Gasteiger partial charge in [-0.05, 0) is 25.0 Å². The van der Waals surface area contributed by atoms with E-state index in [0.717, 1.165) is 38.8 Å². The van der Waals surface area contributed by atoms with Crippen molar-refractivity contribution in [3.63, 3.8) is 0 Å². The molecule has 1 aromatic heterocycles. The molecule has 0 aliphatic carbocycles. The fourth-order valence-corrected chi connectivity index (χ4v) is 8.07. The van der Waals surface area contributed by atoms with Gasteiger partial charge in [0.1, 0.15) is 18.7 Å². The van der Waals surface area contributed by atoms with Crippen molar-refractivity contribution in [3.05, 3.63) is 71.7 Å². The topological polar surface area (TPSA) is 30.2 Å². The second kappa shape index (κ2) is 6.49. The summed E-state index contributed by atoms with van der Waals surface area (Å²) in [7, 11) is -2.86. The second-order valence-electron chi connectivity index (χ2n) is 8.93. The van der Waals surface area contributed by atoms with E-state index in [4.69, 9.17) is 4.42 Å². The summed E-state index contributed by atoms with van der Waals surface area (Å²) in [6, 6.07) is 18.6. The average Bonchev–Trinajstić information content (AvgIpc) is 3.10. The lowest BCUT2D eigenvalue weighted by molar-refractivity contribution is 0.395. The van der Waals surface area contributed by atoms with Crippen LogP contribution >= 0.6 is 7.14 Å². The Hall–Kier alpha value is -2.05. The molecule has 0 N–H and O–H groups in total. The zero-order valence-corrected chi connectivity index (χ0v) is 18.5. The predicted molar refractivity (Wildman–Crippen MR) is 119 cm³/mol. The maximum atomic E-state index is 14.8. The van der Waals surface area contributed by atoms with E-state index in [1.165, 1.54) is 0 Å². The van der Waals surface area contributed by atoms with Gasteiger partial charge in [0, 0.05) is 27.9 Å². The standard InChI is InChI=1S/C25H29O2P/c1-16(2)22-21(18-12-8-7-9-13-18)23-24(27-22)25(5,6)19-14-10-11-15-20(19)28(23,26)17(3)4/h7-17H,1-6H3. The summed E-state index contributed by atoms with van der Waals surface area (Å²) in [5, 5.41) is 1.94. The summed E-state index contributed by atoms with van der Waals surface area (Å²) in [4.78, 5) is 0. The molecule has 0 radical (unpaired) electrons. The highest BCUT2D eigenvalue weighted by Crippen LogP contribution is 2.59. The van der Waals surface area contributed by atoms with Gasteiger partial charge in [0.2, 0.25) is 0 Å². The van der Waals surface area contributed by atoms with Crippen LogP contribution in [-0.2, 0) is 9.98 Å². The van der Waals surface area contributed by atoms with Crippen molar-refractivity contribution in [2.45, 2.75) is 58.5 Å². The van der Waals surface area contributed by atoms with Crippen LogP contribution in [0.3, 0.4) is 0 Å². The quantitative estimate of drug-likeness (QED) is 0.481. The Bertz CT molecular complexity index is 1070. The number of hydrogen-bond acceptors (Lipinski definition) is 2. The summed E-state index contributed by atoms with van der Waals surface area (Å²) in [5.74, 6) is 2.03. The minimum absolute atomic E-state index is 0.00331. The second-order valence-corrected chi connectivity index (χ2v) is 12.2. The highest BCUT2D eigenvalue weighted by Gasteiger charge is 2.50. The third-order valence-electron chi connectivity index (χ3n) is 6.06. The molecular formula is C25H29O2P. The lowest BCUT2D eigenvalue weighted by atomic mass is 9.81. The van der Waals surface area contributed by atoms with Gasteiger partial charge < -0.3 is 8.98 Å². The minimum Gasteiger partial charge on any atom is -0.463 e. The molecule has 28 heavy (non-hydrogen) atoms. The van der Waals surface area contributed by atoms with Gasteiger partial charge in [0.05, 0.1) is 5.30 Å². The number of fused-ring (bicyclic) bond motifs is 2. The van der Waals surface area contributed by atoms with Gasteiger partial charge in [-0.15, -0.1) is 0 Å². The van der Waals surface area contributed by atoms with Crippen LogP contribution < -0.4 is 10.6 Å². The van der Waals surface area contributed by atoms with Gasteiger partial charge >= 0.3 is 0 Å². The van der Waals surface area contributed by atoms with Crippen LogP contribution in [0.4, 0.5) is 0 Å². The van der Waals surface area contributed by atoms with Crippen LogP contribution in [0, 0.1) is 0 Å². The van der Waals surface area contributed by atoms with Gasteiger partial charge in [0.25, 0.3) is 0 Å². The molecule has 2 aromatic carbocycles. The summed E-state index contributed by atoms with van der Waals surface area (Å²) in [5.41, 5.74) is 2.94. The van der Waals surface area contributed by atoms with E-state index in [2.05, 4.69) is 65.8 Å². The Morgan fingerprint density at radius 2 is 1.50 bits per heavy atom. The number of benzene rings is 2. The Morgan fingerprint density at radius 3 is 2.11 bits per heavy atom. The fourth-order valence-electron chi connectivity index (χ4n) is 4.54. The smallest absolute Gasteiger partial charge is 0.150 e. The van der Waals surface area contributed by atoms with Gasteiger partial charge in [-0.25, -0.2) is 0 Å². The molecule has 3 aromatic rings. The molecule has 1 aliphatic rings. The van der Waals surface area contributed by atoms with E-state index in [1.807, 2.05) is 30.3 Å². The molecule has 2 heterocycles. The van der Waals surface area contributed by atoms with Crippen molar-refractivity contribution in [2.24, 2.45) is 0 Å². The highest BCUT2D eigenvalue weighted by molar-refractivity contribution is 7.79. The largest absolute Gasteiger partial charge is 0.463 e. The fraction of sp³-hybridized carbons (Fsp3) is 0.360. The summed E-state index contributed by atoms with van der Waals surface area (Å²) >= 11 is 0. The number of rotatable bonds is 3. The van der Waals surface area contributed by atoms with E-state index in [-0.39, 0.29) is 17.0 Å². The summed E-state index contributed by atoms with van der Waals surface area (Å²) in [6.07, 6.45) is 0. The first-order chi connectivity index (χ1) is 13.2. The van der Waals surface area contributed by atoms with Gasteiger partial charge in [-0.3, -0.25) is 0 Å². The van der Waals surface area contributed by atoms with Crippen LogP contribution in [0.25, 0.3) is 11.1 Å². The third kappa shape index (κ3) is 2.51. The number of furan rings is 1. The molecule has 1 unspecified atom stereocenters. The zero-order chi connectivity index (χ0) is 20.3. The maximum Gasteiger partial charge on any atom is 0.150 e. The number of hydrogen-bond donors (Lipinski definition) is 0. The molecule has 2 nitrogen and oxygen atoms in total. The highest BCUT2D eigenvalue weighted by atomic mass is 31.2. The van der Waals surface area contributed by atoms with E-state index in [1.54, 1.807) is 0 Å². The monoisotopic (exact) mass is 392 g/mol. The first-order valence-corrected chi connectivity index (χ1v) is 11.9.